The molecule has 1 saturated carbocycles. The van der Waals surface area contributed by atoms with E-state index in [9.17, 15) is 0 Å². The normalized spacial score (nSPS) is 25.9. The third-order valence-electron chi connectivity index (χ3n) is 3.99. The first-order valence-electron chi connectivity index (χ1n) is 6.56. The van der Waals surface area contributed by atoms with E-state index in [0.29, 0.717) is 11.8 Å². The summed E-state index contributed by atoms with van der Waals surface area (Å²) < 4.78 is 1.66. The minimum Gasteiger partial charge on any atom is -0.381 e. The van der Waals surface area contributed by atoms with E-state index in [-0.39, 0.29) is 17.5 Å². The van der Waals surface area contributed by atoms with Crippen molar-refractivity contribution in [2.24, 2.45) is 11.8 Å². The number of hydrogen-bond acceptors (Lipinski definition) is 5. The number of nitrogens with zero attached hydrogens (tertiary/aromatic N) is 3. The highest BCUT2D eigenvalue weighted by atomic mass is 15.4. The fourth-order valence-electron chi connectivity index (χ4n) is 2.92. The molecule has 3 unspecified atom stereocenters. The first-order chi connectivity index (χ1) is 8.65. The molecular weight excluding hydrogens is 228 g/mol. The molecule has 0 radical (unpaired) electrons. The molecular formula is C12H22N6. The molecule has 0 aromatic carbocycles. The van der Waals surface area contributed by atoms with E-state index in [1.165, 1.54) is 32.0 Å². The van der Waals surface area contributed by atoms with Crippen LogP contribution in [0.2, 0.25) is 0 Å². The van der Waals surface area contributed by atoms with Crippen LogP contribution in [-0.2, 0) is 0 Å². The van der Waals surface area contributed by atoms with Crippen molar-refractivity contribution in [2.45, 2.75) is 38.8 Å². The van der Waals surface area contributed by atoms with Crippen LogP contribution in [0.4, 0.5) is 5.82 Å². The van der Waals surface area contributed by atoms with Gasteiger partial charge in [0.2, 0.25) is 0 Å². The molecule has 1 aromatic heterocycles. The maximum atomic E-state index is 7.99. The van der Waals surface area contributed by atoms with Gasteiger partial charge in [-0.3, -0.25) is 10.7 Å². The van der Waals surface area contributed by atoms with Crippen LogP contribution in [0.1, 0.15) is 38.8 Å². The van der Waals surface area contributed by atoms with Crippen LogP contribution >= 0.6 is 0 Å². The average molecular weight is 250 g/mol. The van der Waals surface area contributed by atoms with Crippen molar-refractivity contribution in [2.75, 3.05) is 12.8 Å². The van der Waals surface area contributed by atoms with Crippen molar-refractivity contribution in [3.63, 3.8) is 0 Å². The van der Waals surface area contributed by atoms with Crippen LogP contribution in [0.3, 0.4) is 0 Å². The number of nitrogens with one attached hydrogen (secondary N) is 2. The van der Waals surface area contributed by atoms with E-state index < -0.39 is 0 Å². The lowest BCUT2D eigenvalue weighted by Crippen LogP contribution is -2.42. The Kier molecular flexibility index (Phi) is 3.96. The van der Waals surface area contributed by atoms with Gasteiger partial charge in [-0.05, 0) is 25.3 Å². The Balaban J connectivity index is 2.32. The van der Waals surface area contributed by atoms with Crippen LogP contribution in [-0.4, -0.2) is 21.8 Å². The lowest BCUT2D eigenvalue weighted by atomic mass is 9.78. The topological polar surface area (TPSA) is 92.6 Å². The van der Waals surface area contributed by atoms with Crippen LogP contribution in [0.5, 0.6) is 0 Å². The molecule has 1 aromatic rings. The van der Waals surface area contributed by atoms with Crippen molar-refractivity contribution in [1.29, 1.82) is 5.41 Å². The van der Waals surface area contributed by atoms with Gasteiger partial charge in [0.1, 0.15) is 12.5 Å². The molecule has 18 heavy (non-hydrogen) atoms. The molecule has 1 heterocycles. The monoisotopic (exact) mass is 250 g/mol. The second-order valence-electron chi connectivity index (χ2n) is 5.10. The van der Waals surface area contributed by atoms with Gasteiger partial charge in [0, 0.05) is 0 Å². The van der Waals surface area contributed by atoms with Crippen molar-refractivity contribution >= 4 is 5.82 Å². The Morgan fingerprint density at radius 2 is 2.22 bits per heavy atom. The van der Waals surface area contributed by atoms with Gasteiger partial charge in [-0.2, -0.15) is 5.10 Å². The summed E-state index contributed by atoms with van der Waals surface area (Å²) in [5, 5.41) is 15.5. The van der Waals surface area contributed by atoms with Crippen LogP contribution in [0, 0.1) is 17.2 Å². The second-order valence-corrected chi connectivity index (χ2v) is 5.10. The standard InChI is InChI=1S/C12H22N6/c1-8-5-3-4-6-9(8)12(15-2)18-11(14)10(13)16-7-17-18/h7-9,12,14-15H,3-6H2,1-2H3,(H2,13,16,17). The number of nitrogen functional groups attached to an aromatic ring is 1. The average Bonchev–Trinajstić information content (AvgIpc) is 2.37. The molecule has 1 aliphatic carbocycles. The zero-order valence-electron chi connectivity index (χ0n) is 11.1. The summed E-state index contributed by atoms with van der Waals surface area (Å²) in [5.41, 5.74) is 5.88. The Morgan fingerprint density at radius 1 is 1.50 bits per heavy atom. The number of hydrogen-bond donors (Lipinski definition) is 3. The molecule has 3 atom stereocenters. The largest absolute Gasteiger partial charge is 0.381 e. The molecule has 0 saturated heterocycles. The Hall–Kier alpha value is -1.43. The Bertz CT molecular complexity index is 454. The fourth-order valence-corrected chi connectivity index (χ4v) is 2.92. The number of aromatic nitrogens is 3. The summed E-state index contributed by atoms with van der Waals surface area (Å²) in [6, 6.07) is 0. The molecule has 0 bridgehead atoms. The van der Waals surface area contributed by atoms with E-state index >= 15 is 0 Å². The predicted molar refractivity (Wildman–Crippen MR) is 69.5 cm³/mol. The summed E-state index contributed by atoms with van der Waals surface area (Å²) in [6.45, 7) is 2.28. The SMILES string of the molecule is CNC(C1CCCCC1C)n1ncnc(N)c1=N. The van der Waals surface area contributed by atoms with Gasteiger partial charge in [0.05, 0.1) is 0 Å². The molecule has 6 heteroatoms. The van der Waals surface area contributed by atoms with Crippen LogP contribution in [0.25, 0.3) is 0 Å². The van der Waals surface area contributed by atoms with E-state index in [4.69, 9.17) is 11.1 Å². The van der Waals surface area contributed by atoms with Crippen molar-refractivity contribution in [3.05, 3.63) is 11.8 Å². The number of rotatable bonds is 3. The van der Waals surface area contributed by atoms with Crippen LogP contribution < -0.4 is 16.5 Å². The molecule has 1 aliphatic rings. The third kappa shape index (κ3) is 2.38. The Morgan fingerprint density at radius 3 is 2.89 bits per heavy atom. The third-order valence-corrected chi connectivity index (χ3v) is 3.99. The van der Waals surface area contributed by atoms with E-state index in [2.05, 4.69) is 22.3 Å². The zero-order valence-corrected chi connectivity index (χ0v) is 11.1. The maximum absolute atomic E-state index is 7.99. The van der Waals surface area contributed by atoms with Crippen LogP contribution in [0.15, 0.2) is 6.33 Å². The summed E-state index contributed by atoms with van der Waals surface area (Å²) >= 11 is 0. The molecule has 0 aliphatic heterocycles. The molecule has 100 valence electrons. The highest BCUT2D eigenvalue weighted by Gasteiger charge is 2.30. The lowest BCUT2D eigenvalue weighted by Gasteiger charge is -2.35. The molecule has 0 spiro atoms. The van der Waals surface area contributed by atoms with E-state index in [1.807, 2.05) is 7.05 Å². The minimum atomic E-state index is 0.0260. The maximum Gasteiger partial charge on any atom is 0.186 e. The Labute approximate surface area is 107 Å². The van der Waals surface area contributed by atoms with Gasteiger partial charge >= 0.3 is 0 Å². The quantitative estimate of drug-likeness (QED) is 0.742. The van der Waals surface area contributed by atoms with Gasteiger partial charge in [0.15, 0.2) is 11.3 Å². The summed E-state index contributed by atoms with van der Waals surface area (Å²) in [6.07, 6.45) is 6.42. The summed E-state index contributed by atoms with van der Waals surface area (Å²) in [4.78, 5) is 3.85. The lowest BCUT2D eigenvalue weighted by molar-refractivity contribution is 0.142. The molecule has 4 N–H and O–H groups in total. The zero-order chi connectivity index (χ0) is 13.1. The second kappa shape index (κ2) is 5.48. The minimum absolute atomic E-state index is 0.0260. The van der Waals surface area contributed by atoms with Gasteiger partial charge in [-0.1, -0.05) is 26.2 Å². The van der Waals surface area contributed by atoms with Gasteiger partial charge in [-0.25, -0.2) is 9.67 Å². The fraction of sp³-hybridized carbons (Fsp3) is 0.750. The van der Waals surface area contributed by atoms with Crippen molar-refractivity contribution in [3.8, 4) is 0 Å². The molecule has 2 rings (SSSR count). The number of anilines is 1. The van der Waals surface area contributed by atoms with Crippen molar-refractivity contribution in [1.82, 2.24) is 20.1 Å². The smallest absolute Gasteiger partial charge is 0.186 e. The number of nitrogens with two attached hydrogens (primary N) is 1. The highest BCUT2D eigenvalue weighted by Crippen LogP contribution is 2.35. The summed E-state index contributed by atoms with van der Waals surface area (Å²) in [7, 11) is 1.91. The predicted octanol–water partition coefficient (Wildman–Crippen LogP) is 0.884. The highest BCUT2D eigenvalue weighted by molar-refractivity contribution is 5.19. The molecule has 6 nitrogen and oxygen atoms in total. The van der Waals surface area contributed by atoms with Gasteiger partial charge in [0.25, 0.3) is 0 Å². The first kappa shape index (κ1) is 13.0. The van der Waals surface area contributed by atoms with E-state index in [1.54, 1.807) is 4.68 Å². The van der Waals surface area contributed by atoms with Gasteiger partial charge < -0.3 is 5.73 Å². The van der Waals surface area contributed by atoms with Crippen molar-refractivity contribution < 1.29 is 0 Å². The molecule has 1 fully saturated rings. The summed E-state index contributed by atoms with van der Waals surface area (Å²) in [5.74, 6) is 1.36. The van der Waals surface area contributed by atoms with E-state index in [0.717, 1.165) is 0 Å². The van der Waals surface area contributed by atoms with Gasteiger partial charge in [-0.15, -0.1) is 0 Å². The molecule has 0 amide bonds. The first-order valence-corrected chi connectivity index (χ1v) is 6.56.